The molecule has 2 amide bonds. The zero-order valence-electron chi connectivity index (χ0n) is 14.5. The highest BCUT2D eigenvalue weighted by Gasteiger charge is 2.65. The second kappa shape index (κ2) is 6.04. The van der Waals surface area contributed by atoms with E-state index < -0.39 is 5.72 Å². The van der Waals surface area contributed by atoms with Gasteiger partial charge < -0.3 is 14.5 Å². The average molecular weight is 384 g/mol. The largest absolute Gasteiger partial charge is 0.351 e. The Hall–Kier alpha value is -2.44. The van der Waals surface area contributed by atoms with Gasteiger partial charge in [0.05, 0.1) is 30.1 Å². The lowest BCUT2D eigenvalue weighted by molar-refractivity contribution is -0.138. The second-order valence-corrected chi connectivity index (χ2v) is 7.61. The molecule has 0 aliphatic carbocycles. The van der Waals surface area contributed by atoms with E-state index in [-0.39, 0.29) is 30.3 Å². The van der Waals surface area contributed by atoms with Crippen molar-refractivity contribution in [2.45, 2.75) is 30.7 Å². The lowest BCUT2D eigenvalue weighted by Gasteiger charge is -2.33. The third kappa shape index (κ3) is 2.40. The van der Waals surface area contributed by atoms with Crippen LogP contribution < -0.4 is 0 Å². The smallest absolute Gasteiger partial charge is 0.272 e. The molecule has 1 aromatic heterocycles. The zero-order chi connectivity index (χ0) is 18.6. The molecule has 2 aromatic rings. The standard InChI is InChI=1S/C20H18ClN3O3/c21-14-6-7-15(22-11-14)19(26)23-9-8-20-17(23)10-18(25)24(20)16(12-27-20)13-4-2-1-3-5-13/h1-7,11,16-17H,8-10,12H2/t16-,17+,20-/m0/s1. The highest BCUT2D eigenvalue weighted by atomic mass is 35.5. The van der Waals surface area contributed by atoms with Crippen LogP contribution in [0.2, 0.25) is 5.02 Å². The van der Waals surface area contributed by atoms with Crippen LogP contribution in [0.4, 0.5) is 0 Å². The lowest BCUT2D eigenvalue weighted by atomic mass is 10.0. The normalized spacial score (nSPS) is 29.1. The summed E-state index contributed by atoms with van der Waals surface area (Å²) in [6.07, 6.45) is 2.36. The summed E-state index contributed by atoms with van der Waals surface area (Å²) < 4.78 is 6.23. The molecule has 0 unspecified atom stereocenters. The Labute approximate surface area is 161 Å². The van der Waals surface area contributed by atoms with E-state index in [0.717, 1.165) is 5.56 Å². The molecular formula is C20H18ClN3O3. The van der Waals surface area contributed by atoms with Crippen LogP contribution in [0.15, 0.2) is 48.7 Å². The predicted molar refractivity (Wildman–Crippen MR) is 98.0 cm³/mol. The molecule has 3 aliphatic rings. The molecular weight excluding hydrogens is 366 g/mol. The second-order valence-electron chi connectivity index (χ2n) is 7.18. The van der Waals surface area contributed by atoms with Crippen molar-refractivity contribution in [3.63, 3.8) is 0 Å². The predicted octanol–water partition coefficient (Wildman–Crippen LogP) is 2.65. The molecule has 27 heavy (non-hydrogen) atoms. The molecule has 3 saturated heterocycles. The van der Waals surface area contributed by atoms with Crippen LogP contribution in [-0.2, 0) is 9.53 Å². The molecule has 1 aromatic carbocycles. The number of likely N-dealkylation sites (tertiary alicyclic amines) is 1. The fraction of sp³-hybridized carbons (Fsp3) is 0.350. The fourth-order valence-electron chi connectivity index (χ4n) is 4.66. The summed E-state index contributed by atoms with van der Waals surface area (Å²) in [5.74, 6) is -0.150. The topological polar surface area (TPSA) is 62.7 Å². The number of rotatable bonds is 2. The van der Waals surface area contributed by atoms with Crippen molar-refractivity contribution >= 4 is 23.4 Å². The average Bonchev–Trinajstić information content (AvgIpc) is 3.32. The molecule has 4 heterocycles. The third-order valence-electron chi connectivity index (χ3n) is 5.85. The Bertz CT molecular complexity index is 904. The van der Waals surface area contributed by atoms with Gasteiger partial charge in [0.15, 0.2) is 5.72 Å². The van der Waals surface area contributed by atoms with E-state index in [1.807, 2.05) is 35.2 Å². The van der Waals surface area contributed by atoms with Gasteiger partial charge in [0.2, 0.25) is 5.91 Å². The van der Waals surface area contributed by atoms with Gasteiger partial charge in [-0.3, -0.25) is 9.59 Å². The van der Waals surface area contributed by atoms with Gasteiger partial charge >= 0.3 is 0 Å². The molecule has 0 N–H and O–H groups in total. The van der Waals surface area contributed by atoms with Gasteiger partial charge in [0.1, 0.15) is 5.69 Å². The number of amides is 2. The summed E-state index contributed by atoms with van der Waals surface area (Å²) in [5, 5.41) is 0.483. The van der Waals surface area contributed by atoms with Gasteiger partial charge in [0.25, 0.3) is 5.91 Å². The minimum atomic E-state index is -0.723. The Morgan fingerprint density at radius 3 is 2.78 bits per heavy atom. The minimum absolute atomic E-state index is 0.0351. The van der Waals surface area contributed by atoms with E-state index >= 15 is 0 Å². The van der Waals surface area contributed by atoms with Crippen LogP contribution in [0.3, 0.4) is 0 Å². The van der Waals surface area contributed by atoms with Gasteiger partial charge in [-0.1, -0.05) is 41.9 Å². The van der Waals surface area contributed by atoms with Crippen LogP contribution in [0.1, 0.15) is 34.9 Å². The van der Waals surface area contributed by atoms with Crippen molar-refractivity contribution in [2.24, 2.45) is 0 Å². The van der Waals surface area contributed by atoms with E-state index in [4.69, 9.17) is 16.3 Å². The number of nitrogens with zero attached hydrogens (tertiary/aromatic N) is 3. The Balaban J connectivity index is 1.45. The first kappa shape index (κ1) is 16.7. The number of hydrogen-bond acceptors (Lipinski definition) is 4. The van der Waals surface area contributed by atoms with Gasteiger partial charge in [-0.15, -0.1) is 0 Å². The maximum Gasteiger partial charge on any atom is 0.272 e. The van der Waals surface area contributed by atoms with Crippen molar-refractivity contribution in [3.8, 4) is 0 Å². The van der Waals surface area contributed by atoms with Crippen molar-refractivity contribution < 1.29 is 14.3 Å². The van der Waals surface area contributed by atoms with Crippen LogP contribution >= 0.6 is 11.6 Å². The molecule has 3 aliphatic heterocycles. The van der Waals surface area contributed by atoms with Crippen molar-refractivity contribution in [1.29, 1.82) is 0 Å². The van der Waals surface area contributed by atoms with Gasteiger partial charge in [0, 0.05) is 19.2 Å². The molecule has 7 heteroatoms. The number of aromatic nitrogens is 1. The molecule has 3 atom stereocenters. The van der Waals surface area contributed by atoms with E-state index in [0.29, 0.717) is 30.3 Å². The minimum Gasteiger partial charge on any atom is -0.351 e. The highest BCUT2D eigenvalue weighted by molar-refractivity contribution is 6.30. The summed E-state index contributed by atoms with van der Waals surface area (Å²) in [5.41, 5.74) is 0.673. The number of ether oxygens (including phenoxy) is 1. The SMILES string of the molecule is O=C(c1ccc(Cl)cn1)N1CC[C@@]23OC[C@@H](c4ccccc4)N2C(=O)C[C@@H]13. The van der Waals surface area contributed by atoms with E-state index in [2.05, 4.69) is 4.98 Å². The van der Waals surface area contributed by atoms with E-state index in [1.54, 1.807) is 17.0 Å². The Morgan fingerprint density at radius 2 is 2.04 bits per heavy atom. The first-order valence-corrected chi connectivity index (χ1v) is 9.41. The summed E-state index contributed by atoms with van der Waals surface area (Å²) in [7, 11) is 0. The van der Waals surface area contributed by atoms with Crippen LogP contribution in [-0.4, -0.2) is 51.5 Å². The van der Waals surface area contributed by atoms with Gasteiger partial charge in [-0.2, -0.15) is 0 Å². The quantitative estimate of drug-likeness (QED) is 0.799. The number of halogens is 1. The number of pyridine rings is 1. The molecule has 6 nitrogen and oxygen atoms in total. The number of carbonyl (C=O) groups excluding carboxylic acids is 2. The van der Waals surface area contributed by atoms with Crippen molar-refractivity contribution in [3.05, 3.63) is 64.9 Å². The molecule has 0 saturated carbocycles. The van der Waals surface area contributed by atoms with Crippen LogP contribution in [0, 0.1) is 0 Å². The van der Waals surface area contributed by atoms with Crippen LogP contribution in [0.25, 0.3) is 0 Å². The van der Waals surface area contributed by atoms with Crippen molar-refractivity contribution in [2.75, 3.05) is 13.2 Å². The van der Waals surface area contributed by atoms with Crippen LogP contribution in [0.5, 0.6) is 0 Å². The summed E-state index contributed by atoms with van der Waals surface area (Å²) in [4.78, 5) is 33.6. The lowest BCUT2D eigenvalue weighted by Crippen LogP contribution is -2.49. The first-order chi connectivity index (χ1) is 13.1. The Morgan fingerprint density at radius 1 is 1.22 bits per heavy atom. The van der Waals surface area contributed by atoms with Gasteiger partial charge in [-0.05, 0) is 17.7 Å². The summed E-state index contributed by atoms with van der Waals surface area (Å²) in [6.45, 7) is 0.993. The first-order valence-electron chi connectivity index (χ1n) is 9.04. The number of benzene rings is 1. The van der Waals surface area contributed by atoms with Crippen molar-refractivity contribution in [1.82, 2.24) is 14.8 Å². The molecule has 5 rings (SSSR count). The molecule has 138 valence electrons. The maximum atomic E-state index is 13.0. The zero-order valence-corrected chi connectivity index (χ0v) is 15.3. The number of hydrogen-bond donors (Lipinski definition) is 0. The molecule has 0 radical (unpaired) electrons. The molecule has 3 fully saturated rings. The molecule has 0 bridgehead atoms. The van der Waals surface area contributed by atoms with Gasteiger partial charge in [-0.25, -0.2) is 4.98 Å². The highest BCUT2D eigenvalue weighted by Crippen LogP contribution is 2.51. The molecule has 1 spiro atoms. The van der Waals surface area contributed by atoms with E-state index in [9.17, 15) is 9.59 Å². The Kier molecular flexibility index (Phi) is 3.74. The number of carbonyl (C=O) groups is 2. The summed E-state index contributed by atoms with van der Waals surface area (Å²) >= 11 is 5.87. The van der Waals surface area contributed by atoms with E-state index in [1.165, 1.54) is 6.20 Å². The summed E-state index contributed by atoms with van der Waals surface area (Å²) in [6, 6.07) is 12.8. The maximum absolute atomic E-state index is 13.0. The fourth-order valence-corrected chi connectivity index (χ4v) is 4.77. The third-order valence-corrected chi connectivity index (χ3v) is 6.07. The monoisotopic (exact) mass is 383 g/mol.